The van der Waals surface area contributed by atoms with Gasteiger partial charge in [0.15, 0.2) is 11.6 Å². The second kappa shape index (κ2) is 1.95. The molecule has 2 heterocycles. The Kier molecular flexibility index (Phi) is 1.09. The van der Waals surface area contributed by atoms with Crippen molar-refractivity contribution >= 4 is 16.9 Å². The average molecular weight is 151 g/mol. The highest BCUT2D eigenvalue weighted by atomic mass is 19.1. The number of nitrogen functional groups attached to an aromatic ring is 1. The molecule has 0 saturated heterocycles. The third-order valence-corrected chi connectivity index (χ3v) is 1.52. The summed E-state index contributed by atoms with van der Waals surface area (Å²) in [4.78, 5) is 6.61. The molecule has 0 aliphatic carbocycles. The molecule has 0 saturated carbocycles. The summed E-state index contributed by atoms with van der Waals surface area (Å²) in [6, 6.07) is 3.10. The molecule has 0 unspecified atom stereocenters. The van der Waals surface area contributed by atoms with Crippen molar-refractivity contribution in [3.05, 3.63) is 24.1 Å². The van der Waals surface area contributed by atoms with Gasteiger partial charge in [-0.1, -0.05) is 0 Å². The van der Waals surface area contributed by atoms with Gasteiger partial charge in [-0.25, -0.2) is 9.37 Å². The molecule has 56 valence electrons. The van der Waals surface area contributed by atoms with E-state index in [2.05, 4.69) is 9.97 Å². The van der Waals surface area contributed by atoms with E-state index < -0.39 is 5.82 Å². The van der Waals surface area contributed by atoms with E-state index in [1.54, 1.807) is 12.3 Å². The number of hydrogen-bond donors (Lipinski definition) is 2. The quantitative estimate of drug-likeness (QED) is 0.596. The van der Waals surface area contributed by atoms with Crippen LogP contribution in [0.15, 0.2) is 18.3 Å². The minimum absolute atomic E-state index is 0.0695. The number of nitrogens with one attached hydrogen (secondary N) is 1. The first-order chi connectivity index (χ1) is 5.27. The number of aromatic amines is 1. The van der Waals surface area contributed by atoms with Gasteiger partial charge >= 0.3 is 0 Å². The van der Waals surface area contributed by atoms with Crippen LogP contribution in [0.1, 0.15) is 0 Å². The van der Waals surface area contributed by atoms with Crippen LogP contribution in [0.2, 0.25) is 0 Å². The third kappa shape index (κ3) is 0.832. The molecule has 3 N–H and O–H groups in total. The highest BCUT2D eigenvalue weighted by molar-refractivity contribution is 5.76. The first-order valence-electron chi connectivity index (χ1n) is 3.16. The number of pyridine rings is 1. The Balaban J connectivity index is 2.86. The summed E-state index contributed by atoms with van der Waals surface area (Å²) in [5, 5.41) is 0.733. The molecular formula is C7H6FN3. The molecule has 2 rings (SSSR count). The maximum atomic E-state index is 12.7. The molecule has 11 heavy (non-hydrogen) atoms. The fraction of sp³-hybridized carbons (Fsp3) is 0. The van der Waals surface area contributed by atoms with Crippen molar-refractivity contribution in [1.29, 1.82) is 0 Å². The van der Waals surface area contributed by atoms with E-state index in [0.29, 0.717) is 5.65 Å². The fourth-order valence-electron chi connectivity index (χ4n) is 0.970. The van der Waals surface area contributed by atoms with Crippen LogP contribution < -0.4 is 5.73 Å². The van der Waals surface area contributed by atoms with Crippen molar-refractivity contribution in [2.24, 2.45) is 0 Å². The molecule has 2 aromatic heterocycles. The van der Waals surface area contributed by atoms with Crippen LogP contribution in [0.5, 0.6) is 0 Å². The topological polar surface area (TPSA) is 54.7 Å². The summed E-state index contributed by atoms with van der Waals surface area (Å²) >= 11 is 0. The first kappa shape index (κ1) is 6.15. The highest BCUT2D eigenvalue weighted by Crippen LogP contribution is 2.14. The van der Waals surface area contributed by atoms with Gasteiger partial charge in [-0.15, -0.1) is 0 Å². The molecule has 0 fully saturated rings. The van der Waals surface area contributed by atoms with Gasteiger partial charge in [0.1, 0.15) is 5.65 Å². The van der Waals surface area contributed by atoms with Crippen molar-refractivity contribution in [3.8, 4) is 0 Å². The molecule has 3 nitrogen and oxygen atoms in total. The zero-order valence-corrected chi connectivity index (χ0v) is 5.63. The van der Waals surface area contributed by atoms with Gasteiger partial charge in [0.25, 0.3) is 0 Å². The molecule has 0 amide bonds. The normalized spacial score (nSPS) is 10.6. The lowest BCUT2D eigenvalue weighted by Crippen LogP contribution is -1.94. The number of hydrogen-bond acceptors (Lipinski definition) is 2. The smallest absolute Gasteiger partial charge is 0.166 e. The minimum Gasteiger partial charge on any atom is -0.381 e. The van der Waals surface area contributed by atoms with Crippen LogP contribution >= 0.6 is 0 Å². The molecule has 0 atom stereocenters. The van der Waals surface area contributed by atoms with E-state index in [0.717, 1.165) is 5.39 Å². The van der Waals surface area contributed by atoms with Crippen LogP contribution in [0, 0.1) is 5.82 Å². The number of halogens is 1. The van der Waals surface area contributed by atoms with Crippen LogP contribution in [0.25, 0.3) is 11.0 Å². The molecule has 4 heteroatoms. The Morgan fingerprint density at radius 2 is 2.36 bits per heavy atom. The van der Waals surface area contributed by atoms with Crippen molar-refractivity contribution in [2.75, 3.05) is 5.73 Å². The van der Waals surface area contributed by atoms with Crippen LogP contribution in [-0.2, 0) is 0 Å². The van der Waals surface area contributed by atoms with E-state index in [9.17, 15) is 4.39 Å². The lowest BCUT2D eigenvalue weighted by Gasteiger charge is -1.93. The first-order valence-corrected chi connectivity index (χ1v) is 3.16. The number of anilines is 1. The predicted octanol–water partition coefficient (Wildman–Crippen LogP) is 1.28. The molecule has 0 spiro atoms. The lowest BCUT2D eigenvalue weighted by molar-refractivity contribution is 0.630. The number of fused-ring (bicyclic) bond motifs is 1. The van der Waals surface area contributed by atoms with Gasteiger partial charge in [-0.05, 0) is 12.1 Å². The number of aromatic nitrogens is 2. The SMILES string of the molecule is Nc1nc2[nH]ccc2cc1F. The Hall–Kier alpha value is -1.58. The molecule has 0 aromatic carbocycles. The maximum absolute atomic E-state index is 12.7. The van der Waals surface area contributed by atoms with Crippen LogP contribution in [0.4, 0.5) is 10.2 Å². The second-order valence-corrected chi connectivity index (χ2v) is 2.27. The summed E-state index contributed by atoms with van der Waals surface area (Å²) in [6.07, 6.45) is 1.69. The van der Waals surface area contributed by atoms with E-state index in [-0.39, 0.29) is 5.82 Å². The number of rotatable bonds is 0. The monoisotopic (exact) mass is 151 g/mol. The van der Waals surface area contributed by atoms with E-state index in [4.69, 9.17) is 5.73 Å². The van der Waals surface area contributed by atoms with Gasteiger partial charge < -0.3 is 10.7 Å². The Morgan fingerprint density at radius 1 is 1.55 bits per heavy atom. The van der Waals surface area contributed by atoms with E-state index in [1.807, 2.05) is 0 Å². The van der Waals surface area contributed by atoms with Crippen LogP contribution in [-0.4, -0.2) is 9.97 Å². The Labute approximate surface area is 62.0 Å². The zero-order valence-electron chi connectivity index (χ0n) is 5.63. The van der Waals surface area contributed by atoms with E-state index >= 15 is 0 Å². The summed E-state index contributed by atoms with van der Waals surface area (Å²) in [6.45, 7) is 0. The second-order valence-electron chi connectivity index (χ2n) is 2.27. The van der Waals surface area contributed by atoms with Crippen molar-refractivity contribution in [3.63, 3.8) is 0 Å². The van der Waals surface area contributed by atoms with Gasteiger partial charge in [0, 0.05) is 11.6 Å². The number of H-pyrrole nitrogens is 1. The third-order valence-electron chi connectivity index (χ3n) is 1.52. The van der Waals surface area contributed by atoms with Crippen LogP contribution in [0.3, 0.4) is 0 Å². The van der Waals surface area contributed by atoms with Crippen molar-refractivity contribution in [1.82, 2.24) is 9.97 Å². The Bertz CT molecular complexity index is 357. The molecule has 0 aliphatic heterocycles. The van der Waals surface area contributed by atoms with Gasteiger partial charge in [0.2, 0.25) is 0 Å². The fourth-order valence-corrected chi connectivity index (χ4v) is 0.970. The van der Waals surface area contributed by atoms with Crippen molar-refractivity contribution < 1.29 is 4.39 Å². The summed E-state index contributed by atoms with van der Waals surface area (Å²) < 4.78 is 12.7. The predicted molar refractivity (Wildman–Crippen MR) is 40.5 cm³/mol. The summed E-state index contributed by atoms with van der Waals surface area (Å²) in [5.41, 5.74) is 5.85. The molecule has 0 radical (unpaired) electrons. The summed E-state index contributed by atoms with van der Waals surface area (Å²) in [7, 11) is 0. The molecule has 2 aromatic rings. The number of nitrogens with two attached hydrogens (primary N) is 1. The maximum Gasteiger partial charge on any atom is 0.166 e. The minimum atomic E-state index is -0.475. The average Bonchev–Trinajstić information content (AvgIpc) is 2.36. The highest BCUT2D eigenvalue weighted by Gasteiger charge is 2.02. The van der Waals surface area contributed by atoms with Gasteiger partial charge in [-0.3, -0.25) is 0 Å². The van der Waals surface area contributed by atoms with Crippen molar-refractivity contribution in [2.45, 2.75) is 0 Å². The Morgan fingerprint density at radius 3 is 3.18 bits per heavy atom. The van der Waals surface area contributed by atoms with Gasteiger partial charge in [0.05, 0.1) is 0 Å². The zero-order chi connectivity index (χ0) is 7.84. The molecular weight excluding hydrogens is 145 g/mol. The summed E-state index contributed by atoms with van der Waals surface area (Å²) in [5.74, 6) is -0.544. The number of nitrogens with zero attached hydrogens (tertiary/aromatic N) is 1. The van der Waals surface area contributed by atoms with E-state index in [1.165, 1.54) is 6.07 Å². The largest absolute Gasteiger partial charge is 0.381 e. The molecule has 0 bridgehead atoms. The lowest BCUT2D eigenvalue weighted by atomic mass is 10.3. The molecule has 0 aliphatic rings. The van der Waals surface area contributed by atoms with Gasteiger partial charge in [-0.2, -0.15) is 0 Å². The standard InChI is InChI=1S/C7H6FN3/c8-5-3-4-1-2-10-7(4)11-6(5)9/h1-3H,(H3,9,10,11).